The molecule has 1 heterocycles. The van der Waals surface area contributed by atoms with Gasteiger partial charge in [0.1, 0.15) is 0 Å². The maximum atomic E-state index is 12.0. The molecule has 1 aliphatic rings. The van der Waals surface area contributed by atoms with Crippen molar-refractivity contribution in [2.24, 2.45) is 5.41 Å². The minimum Gasteiger partial charge on any atom is -0.481 e. The molecule has 130 valence electrons. The van der Waals surface area contributed by atoms with E-state index in [2.05, 4.69) is 5.32 Å². The van der Waals surface area contributed by atoms with Crippen LogP contribution in [-0.2, 0) is 9.59 Å². The second kappa shape index (κ2) is 7.47. The topological polar surface area (TPSA) is 86.7 Å². The van der Waals surface area contributed by atoms with Crippen molar-refractivity contribution in [1.82, 2.24) is 5.32 Å². The molecule has 2 amide bonds. The molecule has 2 rings (SSSR count). The third-order valence-corrected chi connectivity index (χ3v) is 4.17. The number of benzene rings is 1. The fraction of sp³-hybridized carbons (Fsp3) is 0.500. The molecule has 1 aromatic carbocycles. The summed E-state index contributed by atoms with van der Waals surface area (Å²) in [5, 5.41) is 11.4. The number of carbonyl (C=O) groups excluding carboxylic acids is 2. The van der Waals surface area contributed by atoms with Crippen LogP contribution < -0.4 is 10.2 Å². The maximum absolute atomic E-state index is 12.0. The zero-order valence-electron chi connectivity index (χ0n) is 14.2. The molecule has 1 aromatic rings. The number of hydrogen-bond donors (Lipinski definition) is 2. The third-order valence-electron chi connectivity index (χ3n) is 4.17. The van der Waals surface area contributed by atoms with Gasteiger partial charge in [-0.15, -0.1) is 0 Å². The fourth-order valence-electron chi connectivity index (χ4n) is 2.69. The van der Waals surface area contributed by atoms with E-state index in [0.29, 0.717) is 25.1 Å². The highest BCUT2D eigenvalue weighted by Gasteiger charge is 2.44. The van der Waals surface area contributed by atoms with Gasteiger partial charge in [0.05, 0.1) is 5.41 Å². The number of carbonyl (C=O) groups is 3. The van der Waals surface area contributed by atoms with Crippen LogP contribution >= 0.6 is 0 Å². The lowest BCUT2D eigenvalue weighted by molar-refractivity contribution is -0.137. The third kappa shape index (κ3) is 4.34. The zero-order chi connectivity index (χ0) is 17.7. The standard InChI is InChI=1S/C18H24N2O4/c1-18(2)12-20(17(18)24)14-9-7-13(8-10-14)16(23)19-11-5-3-4-6-15(21)22/h7-10H,3-6,11-12H2,1-2H3,(H,19,23)(H,21,22). The molecule has 0 aromatic heterocycles. The second-order valence-electron chi connectivity index (χ2n) is 6.78. The Morgan fingerprint density at radius 3 is 2.38 bits per heavy atom. The van der Waals surface area contributed by atoms with Crippen LogP contribution in [0.2, 0.25) is 0 Å². The van der Waals surface area contributed by atoms with Crippen LogP contribution in [0.3, 0.4) is 0 Å². The molecule has 0 aliphatic carbocycles. The Balaban J connectivity index is 1.76. The van der Waals surface area contributed by atoms with Crippen LogP contribution in [0, 0.1) is 5.41 Å². The quantitative estimate of drug-likeness (QED) is 0.565. The lowest BCUT2D eigenvalue weighted by Gasteiger charge is -2.44. The first-order valence-corrected chi connectivity index (χ1v) is 8.23. The number of hydrogen-bond acceptors (Lipinski definition) is 3. The van der Waals surface area contributed by atoms with Gasteiger partial charge >= 0.3 is 5.97 Å². The van der Waals surface area contributed by atoms with Crippen molar-refractivity contribution in [2.45, 2.75) is 39.5 Å². The lowest BCUT2D eigenvalue weighted by Crippen LogP contribution is -2.58. The normalized spacial score (nSPS) is 15.8. The zero-order valence-corrected chi connectivity index (χ0v) is 14.2. The average Bonchev–Trinajstić information content (AvgIpc) is 2.55. The summed E-state index contributed by atoms with van der Waals surface area (Å²) < 4.78 is 0. The van der Waals surface area contributed by atoms with Crippen molar-refractivity contribution < 1.29 is 19.5 Å². The minimum absolute atomic E-state index is 0.0982. The number of nitrogens with zero attached hydrogens (tertiary/aromatic N) is 1. The molecule has 0 atom stereocenters. The van der Waals surface area contributed by atoms with Gasteiger partial charge in [-0.3, -0.25) is 14.4 Å². The van der Waals surface area contributed by atoms with Gasteiger partial charge in [-0.1, -0.05) is 6.42 Å². The van der Waals surface area contributed by atoms with Crippen molar-refractivity contribution in [3.05, 3.63) is 29.8 Å². The minimum atomic E-state index is -0.789. The first kappa shape index (κ1) is 18.0. The largest absolute Gasteiger partial charge is 0.481 e. The van der Waals surface area contributed by atoms with Crippen LogP contribution in [0.5, 0.6) is 0 Å². The van der Waals surface area contributed by atoms with Crippen molar-refractivity contribution in [1.29, 1.82) is 0 Å². The van der Waals surface area contributed by atoms with Crippen LogP contribution in [0.4, 0.5) is 5.69 Å². The van der Waals surface area contributed by atoms with Gasteiger partial charge in [0, 0.05) is 30.8 Å². The van der Waals surface area contributed by atoms with Gasteiger partial charge < -0.3 is 15.3 Å². The Morgan fingerprint density at radius 2 is 1.83 bits per heavy atom. The van der Waals surface area contributed by atoms with Crippen LogP contribution in [0.25, 0.3) is 0 Å². The number of carboxylic acids is 1. The molecule has 0 radical (unpaired) electrons. The van der Waals surface area contributed by atoms with Gasteiger partial charge in [-0.25, -0.2) is 0 Å². The molecule has 6 heteroatoms. The van der Waals surface area contributed by atoms with E-state index >= 15 is 0 Å². The molecular weight excluding hydrogens is 308 g/mol. The van der Waals surface area contributed by atoms with Crippen molar-refractivity contribution in [2.75, 3.05) is 18.0 Å². The molecule has 1 saturated heterocycles. The summed E-state index contributed by atoms with van der Waals surface area (Å²) in [5.41, 5.74) is 1.07. The Hall–Kier alpha value is -2.37. The Kier molecular flexibility index (Phi) is 5.59. The number of anilines is 1. The predicted octanol–water partition coefficient (Wildman–Crippen LogP) is 2.43. The maximum Gasteiger partial charge on any atom is 0.303 e. The van der Waals surface area contributed by atoms with Gasteiger partial charge in [0.25, 0.3) is 5.91 Å². The average molecular weight is 332 g/mol. The van der Waals surface area contributed by atoms with Crippen LogP contribution in [0.15, 0.2) is 24.3 Å². The summed E-state index contributed by atoms with van der Waals surface area (Å²) in [4.78, 5) is 36.1. The molecule has 0 saturated carbocycles. The number of aliphatic carboxylic acids is 1. The lowest BCUT2D eigenvalue weighted by atomic mass is 9.82. The summed E-state index contributed by atoms with van der Waals surface area (Å²) in [6.45, 7) is 5.06. The second-order valence-corrected chi connectivity index (χ2v) is 6.78. The summed E-state index contributed by atoms with van der Waals surface area (Å²) in [6, 6.07) is 7.01. The first-order chi connectivity index (χ1) is 11.3. The Morgan fingerprint density at radius 1 is 1.17 bits per heavy atom. The van der Waals surface area contributed by atoms with Gasteiger partial charge in [0.15, 0.2) is 0 Å². The number of β-lactam (4-membered cyclic amide) rings is 1. The molecule has 1 aliphatic heterocycles. The SMILES string of the molecule is CC1(C)CN(c2ccc(C(=O)NCCCCCC(=O)O)cc2)C1=O. The van der Waals surface area contributed by atoms with E-state index in [0.717, 1.165) is 18.5 Å². The summed E-state index contributed by atoms with van der Waals surface area (Å²) >= 11 is 0. The molecule has 6 nitrogen and oxygen atoms in total. The van der Waals surface area contributed by atoms with E-state index in [4.69, 9.17) is 5.11 Å². The van der Waals surface area contributed by atoms with E-state index in [-0.39, 0.29) is 23.7 Å². The van der Waals surface area contributed by atoms with Crippen molar-refractivity contribution >= 4 is 23.5 Å². The van der Waals surface area contributed by atoms with E-state index in [1.165, 1.54) is 0 Å². The molecule has 0 unspecified atom stereocenters. The highest BCUT2D eigenvalue weighted by molar-refractivity contribution is 6.04. The highest BCUT2D eigenvalue weighted by atomic mass is 16.4. The van der Waals surface area contributed by atoms with Gasteiger partial charge in [0.2, 0.25) is 5.91 Å². The molecule has 2 N–H and O–H groups in total. The Labute approximate surface area is 141 Å². The van der Waals surface area contributed by atoms with Crippen molar-refractivity contribution in [3.63, 3.8) is 0 Å². The Bertz CT molecular complexity index is 622. The van der Waals surface area contributed by atoms with E-state index < -0.39 is 5.97 Å². The number of carboxylic acid groups (broad SMARTS) is 1. The number of rotatable bonds is 8. The number of unbranched alkanes of at least 4 members (excludes halogenated alkanes) is 2. The number of nitrogens with one attached hydrogen (secondary N) is 1. The van der Waals surface area contributed by atoms with Crippen molar-refractivity contribution in [3.8, 4) is 0 Å². The molecule has 24 heavy (non-hydrogen) atoms. The molecule has 1 fully saturated rings. The number of amides is 2. The molecule has 0 spiro atoms. The summed E-state index contributed by atoms with van der Waals surface area (Å²) in [5.74, 6) is -0.848. The van der Waals surface area contributed by atoms with Gasteiger partial charge in [-0.05, 0) is 51.0 Å². The molecular formula is C18H24N2O4. The summed E-state index contributed by atoms with van der Waals surface area (Å²) in [6.07, 6.45) is 2.33. The van der Waals surface area contributed by atoms with E-state index in [1.54, 1.807) is 29.2 Å². The highest BCUT2D eigenvalue weighted by Crippen LogP contribution is 2.34. The van der Waals surface area contributed by atoms with E-state index in [1.807, 2.05) is 13.8 Å². The van der Waals surface area contributed by atoms with Crippen LogP contribution in [-0.4, -0.2) is 36.0 Å². The monoisotopic (exact) mass is 332 g/mol. The smallest absolute Gasteiger partial charge is 0.303 e. The molecule has 0 bridgehead atoms. The van der Waals surface area contributed by atoms with E-state index in [9.17, 15) is 14.4 Å². The van der Waals surface area contributed by atoms with Crippen LogP contribution in [0.1, 0.15) is 49.9 Å². The fourth-order valence-corrected chi connectivity index (χ4v) is 2.69. The predicted molar refractivity (Wildman–Crippen MR) is 91.0 cm³/mol. The first-order valence-electron chi connectivity index (χ1n) is 8.23. The summed E-state index contributed by atoms with van der Waals surface area (Å²) in [7, 11) is 0. The van der Waals surface area contributed by atoms with Gasteiger partial charge in [-0.2, -0.15) is 0 Å².